The summed E-state index contributed by atoms with van der Waals surface area (Å²) in [7, 11) is 1.88. The molecule has 164 valence electrons. The summed E-state index contributed by atoms with van der Waals surface area (Å²) < 4.78 is 0. The van der Waals surface area contributed by atoms with Crippen molar-refractivity contribution in [3.8, 4) is 11.8 Å². The van der Waals surface area contributed by atoms with Gasteiger partial charge in [-0.25, -0.2) is 0 Å². The molecule has 0 saturated heterocycles. The summed E-state index contributed by atoms with van der Waals surface area (Å²) in [6.07, 6.45) is 1.86. The molecule has 2 aliphatic heterocycles. The fourth-order valence-corrected chi connectivity index (χ4v) is 4.51. The van der Waals surface area contributed by atoms with Crippen LogP contribution >= 0.6 is 0 Å². The standard InChI is InChI=1S/C25H25N3O4/c1-5-27-21-19(26(4)15-25(2,3)24(27)32)13-16(14-20(21)29)9-8-12-28-22(30)17-10-6-7-11-18(17)23(28)31/h6-7,10-11,14H,5,12-13,15H2,1-4H3. The number of fused-ring (bicyclic) bond motifs is 1. The molecular formula is C25H25N3O4. The van der Waals surface area contributed by atoms with Crippen molar-refractivity contribution in [1.82, 2.24) is 14.7 Å². The molecule has 0 unspecified atom stereocenters. The van der Waals surface area contributed by atoms with Crippen molar-refractivity contribution >= 4 is 23.5 Å². The minimum absolute atomic E-state index is 0.0494. The van der Waals surface area contributed by atoms with Crippen LogP contribution in [-0.4, -0.2) is 64.9 Å². The number of hydrogen-bond acceptors (Lipinski definition) is 5. The van der Waals surface area contributed by atoms with Gasteiger partial charge in [0.15, 0.2) is 0 Å². The van der Waals surface area contributed by atoms with Gasteiger partial charge in [-0.05, 0) is 39.0 Å². The number of carbonyl (C=O) groups excluding carboxylic acids is 4. The summed E-state index contributed by atoms with van der Waals surface area (Å²) in [5.74, 6) is 4.80. The normalized spacial score (nSPS) is 20.0. The fraction of sp³-hybridized carbons (Fsp3) is 0.360. The second-order valence-corrected chi connectivity index (χ2v) is 8.84. The zero-order valence-corrected chi connectivity index (χ0v) is 18.7. The molecule has 0 spiro atoms. The van der Waals surface area contributed by atoms with Crippen LogP contribution in [0, 0.1) is 17.3 Å². The third-order valence-corrected chi connectivity index (χ3v) is 6.04. The summed E-state index contributed by atoms with van der Waals surface area (Å²) in [4.78, 5) is 55.6. The lowest BCUT2D eigenvalue weighted by atomic mass is 9.91. The van der Waals surface area contributed by atoms with Crippen molar-refractivity contribution < 1.29 is 19.2 Å². The van der Waals surface area contributed by atoms with Gasteiger partial charge in [-0.2, -0.15) is 0 Å². The van der Waals surface area contributed by atoms with E-state index in [1.54, 1.807) is 29.2 Å². The summed E-state index contributed by atoms with van der Waals surface area (Å²) in [6.45, 7) is 6.48. The molecule has 7 heteroatoms. The average Bonchev–Trinajstić information content (AvgIpc) is 2.95. The second-order valence-electron chi connectivity index (χ2n) is 8.84. The van der Waals surface area contributed by atoms with Gasteiger partial charge in [0.05, 0.1) is 23.1 Å². The third-order valence-electron chi connectivity index (χ3n) is 6.04. The Kier molecular flexibility index (Phi) is 5.25. The van der Waals surface area contributed by atoms with Gasteiger partial charge in [0.1, 0.15) is 5.70 Å². The Morgan fingerprint density at radius 3 is 2.22 bits per heavy atom. The van der Waals surface area contributed by atoms with Crippen LogP contribution in [-0.2, 0) is 9.59 Å². The number of amides is 3. The number of benzene rings is 1. The predicted molar refractivity (Wildman–Crippen MR) is 118 cm³/mol. The van der Waals surface area contributed by atoms with Gasteiger partial charge >= 0.3 is 0 Å². The maximum atomic E-state index is 13.0. The zero-order valence-electron chi connectivity index (χ0n) is 18.7. The molecule has 0 fully saturated rings. The first-order valence-corrected chi connectivity index (χ1v) is 10.6. The zero-order chi connectivity index (χ0) is 23.2. The van der Waals surface area contributed by atoms with E-state index in [0.717, 1.165) is 10.6 Å². The van der Waals surface area contributed by atoms with Crippen molar-refractivity contribution in [2.45, 2.75) is 27.2 Å². The number of allylic oxidation sites excluding steroid dienone is 2. The molecule has 0 aromatic heterocycles. The van der Waals surface area contributed by atoms with Crippen molar-refractivity contribution in [2.75, 3.05) is 26.7 Å². The van der Waals surface area contributed by atoms with Gasteiger partial charge in [-0.1, -0.05) is 24.0 Å². The van der Waals surface area contributed by atoms with Gasteiger partial charge in [0.2, 0.25) is 11.7 Å². The van der Waals surface area contributed by atoms with Crippen molar-refractivity contribution in [2.24, 2.45) is 5.41 Å². The van der Waals surface area contributed by atoms with Crippen LogP contribution in [0.2, 0.25) is 0 Å². The predicted octanol–water partition coefficient (Wildman–Crippen LogP) is 2.22. The molecule has 0 bridgehead atoms. The molecule has 0 atom stereocenters. The average molecular weight is 431 g/mol. The van der Waals surface area contributed by atoms with Gasteiger partial charge < -0.3 is 9.80 Å². The van der Waals surface area contributed by atoms with Gasteiger partial charge in [0.25, 0.3) is 11.8 Å². The summed E-state index contributed by atoms with van der Waals surface area (Å²) in [6, 6.07) is 6.70. The molecule has 0 N–H and O–H groups in total. The minimum atomic E-state index is -0.625. The van der Waals surface area contributed by atoms with Crippen LogP contribution < -0.4 is 0 Å². The number of nitrogens with zero attached hydrogens (tertiary/aromatic N) is 3. The molecule has 1 aromatic carbocycles. The van der Waals surface area contributed by atoms with Gasteiger partial charge in [0, 0.05) is 37.8 Å². The molecule has 2 heterocycles. The number of carbonyl (C=O) groups is 4. The molecule has 0 saturated carbocycles. The molecule has 7 nitrogen and oxygen atoms in total. The Bertz CT molecular complexity index is 1140. The molecule has 4 rings (SSSR count). The van der Waals surface area contributed by atoms with E-state index in [9.17, 15) is 19.2 Å². The molecule has 1 aliphatic carbocycles. The summed E-state index contributed by atoms with van der Waals surface area (Å²) in [5.41, 5.74) is 1.92. The number of rotatable bonds is 2. The molecule has 1 aromatic rings. The third kappa shape index (κ3) is 3.42. The smallest absolute Gasteiger partial charge is 0.262 e. The lowest BCUT2D eigenvalue weighted by Gasteiger charge is -2.29. The van der Waals surface area contributed by atoms with Gasteiger partial charge in [-0.3, -0.25) is 24.1 Å². The number of imide groups is 1. The lowest BCUT2D eigenvalue weighted by molar-refractivity contribution is -0.139. The topological polar surface area (TPSA) is 78.0 Å². The monoisotopic (exact) mass is 431 g/mol. The van der Waals surface area contributed by atoms with E-state index in [1.165, 1.54) is 6.08 Å². The number of hydrogen-bond donors (Lipinski definition) is 0. The Morgan fingerprint density at radius 2 is 1.62 bits per heavy atom. The molecule has 32 heavy (non-hydrogen) atoms. The van der Waals surface area contributed by atoms with E-state index in [0.29, 0.717) is 41.9 Å². The van der Waals surface area contributed by atoms with Crippen LogP contribution in [0.4, 0.5) is 0 Å². The van der Waals surface area contributed by atoms with E-state index in [-0.39, 0.29) is 30.0 Å². The molecule has 3 amide bonds. The Balaban J connectivity index is 1.56. The first-order chi connectivity index (χ1) is 15.2. The Hall–Kier alpha value is -3.66. The second kappa shape index (κ2) is 7.79. The fourth-order valence-electron chi connectivity index (χ4n) is 4.51. The molecule has 0 radical (unpaired) electrons. The first-order valence-electron chi connectivity index (χ1n) is 10.6. The van der Waals surface area contributed by atoms with E-state index < -0.39 is 5.41 Å². The first kappa shape index (κ1) is 21.6. The maximum absolute atomic E-state index is 13.0. The number of likely N-dealkylation sites (N-methyl/N-ethyl adjacent to an activating group) is 1. The van der Waals surface area contributed by atoms with E-state index in [4.69, 9.17) is 0 Å². The van der Waals surface area contributed by atoms with E-state index >= 15 is 0 Å². The van der Waals surface area contributed by atoms with Crippen molar-refractivity contribution in [3.63, 3.8) is 0 Å². The van der Waals surface area contributed by atoms with Crippen molar-refractivity contribution in [3.05, 3.63) is 58.4 Å². The quantitative estimate of drug-likeness (QED) is 0.530. The van der Waals surface area contributed by atoms with Crippen molar-refractivity contribution in [1.29, 1.82) is 0 Å². The van der Waals surface area contributed by atoms with Crippen LogP contribution in [0.25, 0.3) is 0 Å². The highest BCUT2D eigenvalue weighted by Gasteiger charge is 2.42. The molecular weight excluding hydrogens is 406 g/mol. The highest BCUT2D eigenvalue weighted by molar-refractivity contribution is 6.21. The molecule has 3 aliphatic rings. The summed E-state index contributed by atoms with van der Waals surface area (Å²) in [5, 5.41) is 0. The largest absolute Gasteiger partial charge is 0.375 e. The van der Waals surface area contributed by atoms with Crippen LogP contribution in [0.15, 0.2) is 47.3 Å². The minimum Gasteiger partial charge on any atom is -0.375 e. The highest BCUT2D eigenvalue weighted by atomic mass is 16.2. The summed E-state index contributed by atoms with van der Waals surface area (Å²) >= 11 is 0. The van der Waals surface area contributed by atoms with E-state index in [1.807, 2.05) is 32.7 Å². The lowest BCUT2D eigenvalue weighted by Crippen LogP contribution is -2.43. The Morgan fingerprint density at radius 1 is 1.00 bits per heavy atom. The van der Waals surface area contributed by atoms with Crippen LogP contribution in [0.5, 0.6) is 0 Å². The van der Waals surface area contributed by atoms with Crippen LogP contribution in [0.3, 0.4) is 0 Å². The maximum Gasteiger partial charge on any atom is 0.262 e. The Labute approximate surface area is 187 Å². The SMILES string of the molecule is CCN1C(=O)C(C)(C)CN(C)C2=C1C(=O)C=C(C#CCN1C(=O)c3ccccc3C1=O)C2. The number of ketones is 1. The van der Waals surface area contributed by atoms with E-state index in [2.05, 4.69) is 11.8 Å². The van der Waals surface area contributed by atoms with Crippen LogP contribution in [0.1, 0.15) is 47.9 Å². The highest BCUT2D eigenvalue weighted by Crippen LogP contribution is 2.35. The van der Waals surface area contributed by atoms with Gasteiger partial charge in [-0.15, -0.1) is 0 Å².